The first-order chi connectivity index (χ1) is 9.70. The number of pyridine rings is 1. The fourth-order valence-corrected chi connectivity index (χ4v) is 2.05. The number of rotatable bonds is 6. The van der Waals surface area contributed by atoms with Gasteiger partial charge in [0.25, 0.3) is 0 Å². The van der Waals surface area contributed by atoms with E-state index in [1.165, 1.54) is 6.07 Å². The van der Waals surface area contributed by atoms with Gasteiger partial charge in [-0.15, -0.1) is 0 Å². The number of hydrogen-bond acceptors (Lipinski definition) is 3. The van der Waals surface area contributed by atoms with E-state index in [4.69, 9.17) is 4.74 Å². The normalized spacial score (nSPS) is 10.6. The summed E-state index contributed by atoms with van der Waals surface area (Å²) in [5.41, 5.74) is 0.903. The van der Waals surface area contributed by atoms with Gasteiger partial charge in [-0.1, -0.05) is 28.9 Å². The second kappa shape index (κ2) is 7.36. The predicted octanol–water partition coefficient (Wildman–Crippen LogP) is 4.28. The summed E-state index contributed by atoms with van der Waals surface area (Å²) >= 11 is 3.30. The Bertz CT molecular complexity index is 578. The van der Waals surface area contributed by atoms with E-state index >= 15 is 0 Å². The topological polar surface area (TPSA) is 34.2 Å². The van der Waals surface area contributed by atoms with Gasteiger partial charge in [0.15, 0.2) is 11.6 Å². The first kappa shape index (κ1) is 14.9. The van der Waals surface area contributed by atoms with E-state index in [1.54, 1.807) is 18.3 Å². The molecule has 5 heteroatoms. The summed E-state index contributed by atoms with van der Waals surface area (Å²) in [4.78, 5) is 4.18. The van der Waals surface area contributed by atoms with Crippen LogP contribution in [0.25, 0.3) is 0 Å². The molecule has 20 heavy (non-hydrogen) atoms. The van der Waals surface area contributed by atoms with Crippen LogP contribution in [0.1, 0.15) is 18.9 Å². The Morgan fingerprint density at radius 1 is 1.35 bits per heavy atom. The Labute approximate surface area is 126 Å². The van der Waals surface area contributed by atoms with Gasteiger partial charge in [-0.2, -0.15) is 0 Å². The highest BCUT2D eigenvalue weighted by atomic mass is 79.9. The monoisotopic (exact) mass is 338 g/mol. The predicted molar refractivity (Wildman–Crippen MR) is 80.4 cm³/mol. The van der Waals surface area contributed by atoms with Crippen LogP contribution >= 0.6 is 15.9 Å². The maximum Gasteiger partial charge on any atom is 0.223 e. The van der Waals surface area contributed by atoms with E-state index in [0.29, 0.717) is 12.4 Å². The molecular weight excluding hydrogens is 323 g/mol. The summed E-state index contributed by atoms with van der Waals surface area (Å²) in [7, 11) is 0. The van der Waals surface area contributed by atoms with Crippen molar-refractivity contribution in [1.29, 1.82) is 0 Å². The Balaban J connectivity index is 2.18. The molecule has 0 spiro atoms. The summed E-state index contributed by atoms with van der Waals surface area (Å²) < 4.78 is 20.1. The van der Waals surface area contributed by atoms with Crippen LogP contribution in [0.3, 0.4) is 0 Å². The van der Waals surface area contributed by atoms with Gasteiger partial charge in [0.1, 0.15) is 0 Å². The van der Waals surface area contributed by atoms with Crippen molar-refractivity contribution >= 4 is 15.9 Å². The molecule has 1 heterocycles. The molecule has 0 saturated carbocycles. The van der Waals surface area contributed by atoms with Gasteiger partial charge in [0.05, 0.1) is 0 Å². The van der Waals surface area contributed by atoms with Crippen LogP contribution < -0.4 is 10.1 Å². The van der Waals surface area contributed by atoms with E-state index in [-0.39, 0.29) is 5.75 Å². The van der Waals surface area contributed by atoms with E-state index < -0.39 is 5.82 Å². The molecule has 0 bridgehead atoms. The van der Waals surface area contributed by atoms with Gasteiger partial charge in [-0.3, -0.25) is 0 Å². The Hall–Kier alpha value is -1.46. The molecule has 0 aliphatic rings. The molecule has 1 aromatic heterocycles. The lowest BCUT2D eigenvalue weighted by Gasteiger charge is -2.11. The Morgan fingerprint density at radius 2 is 2.20 bits per heavy atom. The van der Waals surface area contributed by atoms with E-state index in [9.17, 15) is 4.39 Å². The SMILES string of the molecule is CCCNCc1cccnc1Oc1cc(Br)ccc1F. The molecule has 0 saturated heterocycles. The molecular formula is C15H16BrFN2O. The number of hydrogen-bond donors (Lipinski definition) is 1. The fraction of sp³-hybridized carbons (Fsp3) is 0.267. The van der Waals surface area contributed by atoms with Gasteiger partial charge < -0.3 is 10.1 Å². The molecule has 0 atom stereocenters. The number of ether oxygens (including phenoxy) is 1. The molecule has 0 fully saturated rings. The molecule has 0 radical (unpaired) electrons. The van der Waals surface area contributed by atoms with Crippen molar-refractivity contribution < 1.29 is 9.13 Å². The number of nitrogens with one attached hydrogen (secondary N) is 1. The van der Waals surface area contributed by atoms with Crippen LogP contribution in [0, 0.1) is 5.82 Å². The van der Waals surface area contributed by atoms with Crippen LogP contribution in [-0.2, 0) is 6.54 Å². The van der Waals surface area contributed by atoms with E-state index in [2.05, 4.69) is 33.2 Å². The second-order valence-corrected chi connectivity index (χ2v) is 5.24. The summed E-state index contributed by atoms with van der Waals surface area (Å²) in [5.74, 6) is 0.175. The van der Waals surface area contributed by atoms with Gasteiger partial charge in [-0.05, 0) is 37.2 Å². The second-order valence-electron chi connectivity index (χ2n) is 4.32. The highest BCUT2D eigenvalue weighted by molar-refractivity contribution is 9.10. The highest BCUT2D eigenvalue weighted by Crippen LogP contribution is 2.28. The first-order valence-electron chi connectivity index (χ1n) is 6.48. The first-order valence-corrected chi connectivity index (χ1v) is 7.27. The average molecular weight is 339 g/mol. The average Bonchev–Trinajstić information content (AvgIpc) is 2.45. The smallest absolute Gasteiger partial charge is 0.223 e. The lowest BCUT2D eigenvalue weighted by Crippen LogP contribution is -2.14. The summed E-state index contributed by atoms with van der Waals surface area (Å²) in [6.45, 7) is 3.66. The van der Waals surface area contributed by atoms with Crippen LogP contribution in [0.2, 0.25) is 0 Å². The zero-order chi connectivity index (χ0) is 14.4. The van der Waals surface area contributed by atoms with Gasteiger partial charge >= 0.3 is 0 Å². The molecule has 0 amide bonds. The number of nitrogens with zero attached hydrogens (tertiary/aromatic N) is 1. The number of halogens is 2. The van der Waals surface area contributed by atoms with E-state index in [1.807, 2.05) is 12.1 Å². The van der Waals surface area contributed by atoms with Crippen molar-refractivity contribution in [3.63, 3.8) is 0 Å². The number of benzene rings is 1. The third kappa shape index (κ3) is 4.02. The molecule has 0 aliphatic carbocycles. The third-order valence-corrected chi connectivity index (χ3v) is 3.19. The Kier molecular flexibility index (Phi) is 5.49. The van der Waals surface area contributed by atoms with Crippen molar-refractivity contribution in [2.24, 2.45) is 0 Å². The highest BCUT2D eigenvalue weighted by Gasteiger charge is 2.10. The Morgan fingerprint density at radius 3 is 3.00 bits per heavy atom. The maximum atomic E-state index is 13.7. The molecule has 2 aromatic rings. The molecule has 1 N–H and O–H groups in total. The summed E-state index contributed by atoms with van der Waals surface area (Å²) in [5, 5.41) is 3.28. The molecule has 3 nitrogen and oxygen atoms in total. The van der Waals surface area contributed by atoms with Crippen molar-refractivity contribution in [3.8, 4) is 11.6 Å². The minimum Gasteiger partial charge on any atom is -0.436 e. The van der Waals surface area contributed by atoms with Crippen LogP contribution in [0.5, 0.6) is 11.6 Å². The van der Waals surface area contributed by atoms with Crippen molar-refractivity contribution in [1.82, 2.24) is 10.3 Å². The van der Waals surface area contributed by atoms with Crippen LogP contribution in [0.15, 0.2) is 41.0 Å². The molecule has 1 aromatic carbocycles. The third-order valence-electron chi connectivity index (χ3n) is 2.69. The minimum absolute atomic E-state index is 0.162. The zero-order valence-corrected chi connectivity index (χ0v) is 12.8. The van der Waals surface area contributed by atoms with Crippen LogP contribution in [0.4, 0.5) is 4.39 Å². The van der Waals surface area contributed by atoms with Crippen molar-refractivity contribution in [2.45, 2.75) is 19.9 Å². The van der Waals surface area contributed by atoms with Crippen molar-refractivity contribution in [3.05, 3.63) is 52.4 Å². The van der Waals surface area contributed by atoms with Crippen LogP contribution in [-0.4, -0.2) is 11.5 Å². The summed E-state index contributed by atoms with van der Waals surface area (Å²) in [6, 6.07) is 8.34. The zero-order valence-electron chi connectivity index (χ0n) is 11.2. The lowest BCUT2D eigenvalue weighted by atomic mass is 10.2. The standard InChI is InChI=1S/C15H16BrFN2O/c1-2-7-18-10-11-4-3-8-19-15(11)20-14-9-12(16)5-6-13(14)17/h3-6,8-9,18H,2,7,10H2,1H3. The molecule has 0 unspecified atom stereocenters. The minimum atomic E-state index is -0.411. The fourth-order valence-electron chi connectivity index (χ4n) is 1.71. The lowest BCUT2D eigenvalue weighted by molar-refractivity contribution is 0.420. The maximum absolute atomic E-state index is 13.7. The van der Waals surface area contributed by atoms with E-state index in [0.717, 1.165) is 23.0 Å². The summed E-state index contributed by atoms with van der Waals surface area (Å²) in [6.07, 6.45) is 2.69. The van der Waals surface area contributed by atoms with Gasteiger partial charge in [-0.25, -0.2) is 9.37 Å². The molecule has 106 valence electrons. The quantitative estimate of drug-likeness (QED) is 0.798. The number of aromatic nitrogens is 1. The molecule has 2 rings (SSSR count). The van der Waals surface area contributed by atoms with Gasteiger partial charge in [0, 0.05) is 22.8 Å². The van der Waals surface area contributed by atoms with Crippen molar-refractivity contribution in [2.75, 3.05) is 6.54 Å². The molecule has 0 aliphatic heterocycles. The van der Waals surface area contributed by atoms with Gasteiger partial charge in [0.2, 0.25) is 5.88 Å². The largest absolute Gasteiger partial charge is 0.436 e.